The molecule has 1 saturated carbocycles. The van der Waals surface area contributed by atoms with Crippen molar-refractivity contribution in [3.05, 3.63) is 29.8 Å². The first-order valence-corrected chi connectivity index (χ1v) is 10.3. The lowest BCUT2D eigenvalue weighted by molar-refractivity contribution is -0.146. The van der Waals surface area contributed by atoms with Crippen LogP contribution in [0.3, 0.4) is 0 Å². The Bertz CT molecular complexity index is 785. The number of hydrogen-bond acceptors (Lipinski definition) is 5. The van der Waals surface area contributed by atoms with Crippen LogP contribution in [0.4, 0.5) is 0 Å². The number of rotatable bonds is 8. The van der Waals surface area contributed by atoms with E-state index in [1.165, 1.54) is 31.4 Å². The number of amides is 1. The number of hydrogen-bond donors (Lipinski definition) is 3. The van der Waals surface area contributed by atoms with Crippen molar-refractivity contribution >= 4 is 21.9 Å². The van der Waals surface area contributed by atoms with Crippen LogP contribution in [0.1, 0.15) is 43.0 Å². The van der Waals surface area contributed by atoms with Crippen molar-refractivity contribution in [2.24, 2.45) is 5.92 Å². The molecule has 0 atom stereocenters. The summed E-state index contributed by atoms with van der Waals surface area (Å²) in [5, 5.41) is 12.3. The summed E-state index contributed by atoms with van der Waals surface area (Å²) < 4.78 is 31.8. The van der Waals surface area contributed by atoms with Crippen LogP contribution in [-0.4, -0.2) is 51.2 Å². The third-order valence-electron chi connectivity index (χ3n) is 4.89. The maximum atomic E-state index is 12.6. The van der Waals surface area contributed by atoms with E-state index in [9.17, 15) is 23.1 Å². The van der Waals surface area contributed by atoms with Gasteiger partial charge in [0.15, 0.2) is 0 Å². The molecule has 2 rings (SSSR count). The van der Waals surface area contributed by atoms with Gasteiger partial charge in [-0.3, -0.25) is 4.79 Å². The number of carboxylic acids is 1. The number of methoxy groups -OCH3 is 1. The molecule has 0 unspecified atom stereocenters. The van der Waals surface area contributed by atoms with E-state index in [1.807, 2.05) is 0 Å². The molecule has 0 spiro atoms. The highest BCUT2D eigenvalue weighted by Crippen LogP contribution is 2.32. The molecule has 9 heteroatoms. The van der Waals surface area contributed by atoms with Crippen molar-refractivity contribution in [1.29, 1.82) is 0 Å². The zero-order chi connectivity index (χ0) is 20.1. The molecule has 0 bridgehead atoms. The van der Waals surface area contributed by atoms with Gasteiger partial charge < -0.3 is 15.2 Å². The molecule has 0 aliphatic heterocycles. The first-order chi connectivity index (χ1) is 12.7. The van der Waals surface area contributed by atoms with Crippen molar-refractivity contribution < 1.29 is 27.9 Å². The fourth-order valence-electron chi connectivity index (χ4n) is 3.10. The molecule has 0 heterocycles. The van der Waals surface area contributed by atoms with E-state index in [1.54, 1.807) is 0 Å². The Hall–Kier alpha value is -1.97. The molecule has 1 aliphatic rings. The fourth-order valence-corrected chi connectivity index (χ4v) is 4.16. The van der Waals surface area contributed by atoms with Crippen LogP contribution in [0.15, 0.2) is 29.2 Å². The summed E-state index contributed by atoms with van der Waals surface area (Å²) in [7, 11) is -2.32. The normalized spacial score (nSPS) is 23.0. The lowest BCUT2D eigenvalue weighted by atomic mass is 9.77. The van der Waals surface area contributed by atoms with Crippen LogP contribution < -0.4 is 10.0 Å². The minimum absolute atomic E-state index is 0.0621. The Labute approximate surface area is 159 Å². The number of carboxylic acid groups (broad SMARTS) is 1. The maximum Gasteiger partial charge on any atom is 0.329 e. The van der Waals surface area contributed by atoms with Gasteiger partial charge in [-0.15, -0.1) is 0 Å². The summed E-state index contributed by atoms with van der Waals surface area (Å²) in [6.07, 6.45) is 2.13. The highest BCUT2D eigenvalue weighted by Gasteiger charge is 2.42. The number of ether oxygens (including phenoxy) is 1. The number of nitrogens with one attached hydrogen (secondary N) is 2. The fraction of sp³-hybridized carbons (Fsp3) is 0.556. The molecule has 0 aromatic heterocycles. The van der Waals surface area contributed by atoms with Crippen LogP contribution >= 0.6 is 0 Å². The molecule has 150 valence electrons. The zero-order valence-corrected chi connectivity index (χ0v) is 16.3. The second-order valence-electron chi connectivity index (χ2n) is 6.94. The lowest BCUT2D eigenvalue weighted by Crippen LogP contribution is -2.56. The van der Waals surface area contributed by atoms with E-state index in [4.69, 9.17) is 4.74 Å². The molecule has 1 aromatic rings. The summed E-state index contributed by atoms with van der Waals surface area (Å²) in [5.74, 6) is -1.24. The van der Waals surface area contributed by atoms with E-state index in [-0.39, 0.29) is 23.6 Å². The van der Waals surface area contributed by atoms with Crippen molar-refractivity contribution in [3.63, 3.8) is 0 Å². The molecule has 1 aliphatic carbocycles. The molecule has 1 fully saturated rings. The smallest absolute Gasteiger partial charge is 0.329 e. The predicted octanol–water partition coefficient (Wildman–Crippen LogP) is 1.37. The molecule has 1 amide bonds. The van der Waals surface area contributed by atoms with Crippen molar-refractivity contribution in [2.75, 3.05) is 20.3 Å². The Morgan fingerprint density at radius 1 is 1.30 bits per heavy atom. The Balaban J connectivity index is 2.18. The number of carbonyl (C=O) groups excluding carboxylic acids is 1. The first kappa shape index (κ1) is 21.3. The Kier molecular flexibility index (Phi) is 6.96. The second-order valence-corrected chi connectivity index (χ2v) is 8.71. The summed E-state index contributed by atoms with van der Waals surface area (Å²) in [6, 6.07) is 5.54. The standard InChI is InChI=1S/C18H26N2O6S/c1-13-6-8-18(9-7-13,17(22)23)20-16(21)14-4-3-5-15(12-14)27(24,25)19-10-11-26-2/h3-5,12-13,19H,6-11H2,1-2H3,(H,20,21)(H,22,23). The van der Waals surface area contributed by atoms with Crippen LogP contribution in [0.5, 0.6) is 0 Å². The molecule has 0 radical (unpaired) electrons. The zero-order valence-electron chi connectivity index (χ0n) is 15.5. The summed E-state index contributed by atoms with van der Waals surface area (Å²) >= 11 is 0. The van der Waals surface area contributed by atoms with E-state index < -0.39 is 27.4 Å². The van der Waals surface area contributed by atoms with E-state index in [0.29, 0.717) is 31.6 Å². The van der Waals surface area contributed by atoms with Crippen LogP contribution in [0, 0.1) is 5.92 Å². The SMILES string of the molecule is COCCNS(=O)(=O)c1cccc(C(=O)NC2(C(=O)O)CCC(C)CC2)c1. The monoisotopic (exact) mass is 398 g/mol. The molecule has 0 saturated heterocycles. The molecule has 1 aromatic carbocycles. The Morgan fingerprint density at radius 3 is 2.56 bits per heavy atom. The van der Waals surface area contributed by atoms with Gasteiger partial charge in [0.25, 0.3) is 5.91 Å². The number of carbonyl (C=O) groups is 2. The Morgan fingerprint density at radius 2 is 1.96 bits per heavy atom. The van der Waals surface area contributed by atoms with E-state index in [0.717, 1.165) is 0 Å². The number of benzene rings is 1. The van der Waals surface area contributed by atoms with E-state index >= 15 is 0 Å². The van der Waals surface area contributed by atoms with Gasteiger partial charge in [-0.25, -0.2) is 17.9 Å². The second kappa shape index (κ2) is 8.81. The average Bonchev–Trinajstić information content (AvgIpc) is 2.64. The van der Waals surface area contributed by atoms with Crippen molar-refractivity contribution in [1.82, 2.24) is 10.0 Å². The van der Waals surface area contributed by atoms with E-state index in [2.05, 4.69) is 17.0 Å². The minimum atomic E-state index is -3.79. The van der Waals surface area contributed by atoms with Gasteiger partial charge in [0, 0.05) is 19.2 Å². The van der Waals surface area contributed by atoms with Crippen molar-refractivity contribution in [2.45, 2.75) is 43.0 Å². The number of aliphatic carboxylic acids is 1. The van der Waals surface area contributed by atoms with Gasteiger partial charge >= 0.3 is 5.97 Å². The van der Waals surface area contributed by atoms with Gasteiger partial charge in [-0.05, 0) is 49.8 Å². The molecule has 8 nitrogen and oxygen atoms in total. The first-order valence-electron chi connectivity index (χ1n) is 8.85. The largest absolute Gasteiger partial charge is 0.480 e. The summed E-state index contributed by atoms with van der Waals surface area (Å²) in [5.41, 5.74) is -1.21. The van der Waals surface area contributed by atoms with Crippen LogP contribution in [0.2, 0.25) is 0 Å². The van der Waals surface area contributed by atoms with Gasteiger partial charge in [0.2, 0.25) is 10.0 Å². The molecular formula is C18H26N2O6S. The minimum Gasteiger partial charge on any atom is -0.480 e. The van der Waals surface area contributed by atoms with Gasteiger partial charge in [-0.1, -0.05) is 13.0 Å². The summed E-state index contributed by atoms with van der Waals surface area (Å²) in [4.78, 5) is 24.4. The van der Waals surface area contributed by atoms with Gasteiger partial charge in [0.1, 0.15) is 5.54 Å². The third kappa shape index (κ3) is 5.27. The van der Waals surface area contributed by atoms with Crippen LogP contribution in [-0.2, 0) is 19.6 Å². The lowest BCUT2D eigenvalue weighted by Gasteiger charge is -2.36. The quantitative estimate of drug-likeness (QED) is 0.569. The van der Waals surface area contributed by atoms with Gasteiger partial charge in [-0.2, -0.15) is 0 Å². The van der Waals surface area contributed by atoms with Crippen LogP contribution in [0.25, 0.3) is 0 Å². The van der Waals surface area contributed by atoms with Gasteiger partial charge in [0.05, 0.1) is 11.5 Å². The topological polar surface area (TPSA) is 122 Å². The highest BCUT2D eigenvalue weighted by atomic mass is 32.2. The maximum absolute atomic E-state index is 12.6. The third-order valence-corrected chi connectivity index (χ3v) is 6.35. The average molecular weight is 398 g/mol. The highest BCUT2D eigenvalue weighted by molar-refractivity contribution is 7.89. The van der Waals surface area contributed by atoms with Crippen molar-refractivity contribution in [3.8, 4) is 0 Å². The predicted molar refractivity (Wildman–Crippen MR) is 99.0 cm³/mol. The molecule has 3 N–H and O–H groups in total. The molecule has 27 heavy (non-hydrogen) atoms. The molecular weight excluding hydrogens is 372 g/mol. The summed E-state index contributed by atoms with van der Waals surface area (Å²) in [6.45, 7) is 2.38. The number of sulfonamides is 1.